The van der Waals surface area contributed by atoms with Crippen LogP contribution in [0.3, 0.4) is 0 Å². The van der Waals surface area contributed by atoms with Gasteiger partial charge in [0.15, 0.2) is 0 Å². The average Bonchev–Trinajstić information content (AvgIpc) is 2.37. The van der Waals surface area contributed by atoms with Crippen LogP contribution in [0.1, 0.15) is 40.0 Å². The van der Waals surface area contributed by atoms with Crippen LogP contribution < -0.4 is 4.74 Å². The highest BCUT2D eigenvalue weighted by Crippen LogP contribution is 2.18. The topological polar surface area (TPSA) is 72.6 Å². The van der Waals surface area contributed by atoms with Gasteiger partial charge in [-0.3, -0.25) is 10.1 Å². The van der Waals surface area contributed by atoms with Gasteiger partial charge < -0.3 is 9.84 Å². The molecule has 1 aromatic rings. The Morgan fingerprint density at radius 2 is 2.00 bits per heavy atom. The zero-order chi connectivity index (χ0) is 15.9. The standard InChI is InChI=1S/C16H23NO4/c1-13(5-4-11-16(2,3)18)10-12-21-15-8-6-14(7-9-15)17(19)20/h6-10,18H,4-5,11-12H2,1-3H3. The summed E-state index contributed by atoms with van der Waals surface area (Å²) in [5, 5.41) is 20.1. The molecule has 0 spiro atoms. The van der Waals surface area contributed by atoms with Gasteiger partial charge in [-0.1, -0.05) is 5.57 Å². The van der Waals surface area contributed by atoms with Gasteiger partial charge in [-0.25, -0.2) is 0 Å². The van der Waals surface area contributed by atoms with Crippen molar-refractivity contribution >= 4 is 5.69 Å². The van der Waals surface area contributed by atoms with E-state index in [1.165, 1.54) is 17.7 Å². The molecule has 0 fully saturated rings. The third-order valence-electron chi connectivity index (χ3n) is 3.09. The summed E-state index contributed by atoms with van der Waals surface area (Å²) in [5.74, 6) is 0.612. The summed E-state index contributed by atoms with van der Waals surface area (Å²) in [6.45, 7) is 6.09. The van der Waals surface area contributed by atoms with Crippen LogP contribution in [-0.4, -0.2) is 22.2 Å². The number of ether oxygens (including phenoxy) is 1. The van der Waals surface area contributed by atoms with Crippen molar-refractivity contribution in [2.24, 2.45) is 0 Å². The van der Waals surface area contributed by atoms with Gasteiger partial charge in [0.25, 0.3) is 5.69 Å². The number of nitro benzene ring substituents is 1. The van der Waals surface area contributed by atoms with Crippen molar-refractivity contribution in [3.8, 4) is 5.75 Å². The molecule has 5 nitrogen and oxygen atoms in total. The highest BCUT2D eigenvalue weighted by molar-refractivity contribution is 5.36. The lowest BCUT2D eigenvalue weighted by Gasteiger charge is -2.16. The summed E-state index contributed by atoms with van der Waals surface area (Å²) in [5.41, 5.74) is 0.650. The van der Waals surface area contributed by atoms with E-state index in [4.69, 9.17) is 4.74 Å². The molecule has 1 rings (SSSR count). The summed E-state index contributed by atoms with van der Waals surface area (Å²) in [7, 11) is 0. The second-order valence-electron chi connectivity index (χ2n) is 5.78. The van der Waals surface area contributed by atoms with Crippen molar-refractivity contribution in [2.75, 3.05) is 6.61 Å². The monoisotopic (exact) mass is 293 g/mol. The molecule has 0 amide bonds. The first kappa shape index (κ1) is 17.2. The zero-order valence-corrected chi connectivity index (χ0v) is 12.8. The molecule has 0 aromatic heterocycles. The van der Waals surface area contributed by atoms with Gasteiger partial charge >= 0.3 is 0 Å². The van der Waals surface area contributed by atoms with Gasteiger partial charge in [-0.15, -0.1) is 0 Å². The fraction of sp³-hybridized carbons (Fsp3) is 0.500. The Morgan fingerprint density at radius 1 is 1.38 bits per heavy atom. The number of non-ortho nitro benzene ring substituents is 1. The van der Waals surface area contributed by atoms with E-state index in [1.54, 1.807) is 12.1 Å². The lowest BCUT2D eigenvalue weighted by atomic mass is 9.99. The maximum Gasteiger partial charge on any atom is 0.269 e. The van der Waals surface area contributed by atoms with E-state index in [0.717, 1.165) is 19.3 Å². The molecular formula is C16H23NO4. The number of aliphatic hydroxyl groups is 1. The molecular weight excluding hydrogens is 270 g/mol. The molecule has 0 bridgehead atoms. The Balaban J connectivity index is 2.34. The van der Waals surface area contributed by atoms with Crippen LogP contribution in [-0.2, 0) is 0 Å². The fourth-order valence-electron chi connectivity index (χ4n) is 1.85. The van der Waals surface area contributed by atoms with Crippen LogP contribution in [0.4, 0.5) is 5.69 Å². The van der Waals surface area contributed by atoms with E-state index in [0.29, 0.717) is 12.4 Å². The summed E-state index contributed by atoms with van der Waals surface area (Å²) >= 11 is 0. The molecule has 0 aliphatic rings. The van der Waals surface area contributed by atoms with Crippen molar-refractivity contribution < 1.29 is 14.8 Å². The second kappa shape index (κ2) is 7.78. The normalized spacial score (nSPS) is 12.3. The minimum absolute atomic E-state index is 0.0562. The number of benzene rings is 1. The molecule has 116 valence electrons. The molecule has 0 aliphatic heterocycles. The molecule has 0 saturated carbocycles. The molecule has 0 heterocycles. The number of hydrogen-bond donors (Lipinski definition) is 1. The van der Waals surface area contributed by atoms with Crippen molar-refractivity contribution in [1.29, 1.82) is 0 Å². The lowest BCUT2D eigenvalue weighted by Crippen LogP contribution is -2.17. The third-order valence-corrected chi connectivity index (χ3v) is 3.09. The lowest BCUT2D eigenvalue weighted by molar-refractivity contribution is -0.384. The maximum absolute atomic E-state index is 10.5. The number of rotatable bonds is 8. The van der Waals surface area contributed by atoms with Gasteiger partial charge in [0.1, 0.15) is 12.4 Å². The van der Waals surface area contributed by atoms with Crippen LogP contribution in [0.2, 0.25) is 0 Å². The van der Waals surface area contributed by atoms with Crippen LogP contribution >= 0.6 is 0 Å². The van der Waals surface area contributed by atoms with Crippen LogP contribution in [0, 0.1) is 10.1 Å². The summed E-state index contributed by atoms with van der Waals surface area (Å²) < 4.78 is 5.51. The van der Waals surface area contributed by atoms with Crippen LogP contribution in [0.5, 0.6) is 5.75 Å². The summed E-state index contributed by atoms with van der Waals surface area (Å²) in [4.78, 5) is 10.1. The molecule has 5 heteroatoms. The zero-order valence-electron chi connectivity index (χ0n) is 12.8. The first-order valence-corrected chi connectivity index (χ1v) is 7.03. The van der Waals surface area contributed by atoms with Gasteiger partial charge in [0.05, 0.1) is 10.5 Å². The van der Waals surface area contributed by atoms with E-state index >= 15 is 0 Å². The van der Waals surface area contributed by atoms with Crippen LogP contribution in [0.15, 0.2) is 35.9 Å². The minimum Gasteiger partial charge on any atom is -0.490 e. The highest BCUT2D eigenvalue weighted by Gasteiger charge is 2.11. The van der Waals surface area contributed by atoms with Crippen molar-refractivity contribution in [3.63, 3.8) is 0 Å². The van der Waals surface area contributed by atoms with E-state index in [9.17, 15) is 15.2 Å². The van der Waals surface area contributed by atoms with Crippen LogP contribution in [0.25, 0.3) is 0 Å². The average molecular weight is 293 g/mol. The fourth-order valence-corrected chi connectivity index (χ4v) is 1.85. The van der Waals surface area contributed by atoms with E-state index in [2.05, 4.69) is 0 Å². The quantitative estimate of drug-likeness (QED) is 0.449. The Bertz CT molecular complexity index is 486. The first-order chi connectivity index (χ1) is 9.78. The number of hydrogen-bond acceptors (Lipinski definition) is 4. The number of allylic oxidation sites excluding steroid dienone is 1. The second-order valence-corrected chi connectivity index (χ2v) is 5.78. The van der Waals surface area contributed by atoms with E-state index in [-0.39, 0.29) is 5.69 Å². The molecule has 1 N–H and O–H groups in total. The Morgan fingerprint density at radius 3 is 2.52 bits per heavy atom. The molecule has 1 aromatic carbocycles. The van der Waals surface area contributed by atoms with Gasteiger partial charge in [0, 0.05) is 12.1 Å². The first-order valence-electron chi connectivity index (χ1n) is 7.03. The van der Waals surface area contributed by atoms with Crippen molar-refractivity contribution in [2.45, 2.75) is 45.6 Å². The third kappa shape index (κ3) is 7.46. The summed E-state index contributed by atoms with van der Waals surface area (Å²) in [6, 6.07) is 6.04. The van der Waals surface area contributed by atoms with Gasteiger partial charge in [-0.05, 0) is 58.2 Å². The molecule has 0 radical (unpaired) electrons. The maximum atomic E-state index is 10.5. The largest absolute Gasteiger partial charge is 0.490 e. The van der Waals surface area contributed by atoms with Gasteiger partial charge in [-0.2, -0.15) is 0 Å². The Labute approximate surface area is 125 Å². The SMILES string of the molecule is CC(=CCOc1ccc([N+](=O)[O-])cc1)CCCC(C)(C)O. The number of nitro groups is 1. The molecule has 21 heavy (non-hydrogen) atoms. The predicted octanol–water partition coefficient (Wildman–Crippen LogP) is 3.86. The Hall–Kier alpha value is -1.88. The highest BCUT2D eigenvalue weighted by atomic mass is 16.6. The molecule has 0 aliphatic carbocycles. The predicted molar refractivity (Wildman–Crippen MR) is 82.5 cm³/mol. The minimum atomic E-state index is -0.616. The van der Waals surface area contributed by atoms with Gasteiger partial charge in [0.2, 0.25) is 0 Å². The Kier molecular flexibility index (Phi) is 6.37. The molecule has 0 unspecified atom stereocenters. The van der Waals surface area contributed by atoms with E-state index < -0.39 is 10.5 Å². The smallest absolute Gasteiger partial charge is 0.269 e. The number of nitrogens with zero attached hydrogens (tertiary/aromatic N) is 1. The molecule has 0 saturated heterocycles. The summed E-state index contributed by atoms with van der Waals surface area (Å²) in [6.07, 6.45) is 4.62. The molecule has 0 atom stereocenters. The van der Waals surface area contributed by atoms with Crippen molar-refractivity contribution in [3.05, 3.63) is 46.0 Å². The van der Waals surface area contributed by atoms with Crippen molar-refractivity contribution in [1.82, 2.24) is 0 Å². The van der Waals surface area contributed by atoms with E-state index in [1.807, 2.05) is 26.8 Å².